The maximum absolute atomic E-state index is 5.43. The molecule has 3 rings (SSSR count). The van der Waals surface area contributed by atoms with Crippen LogP contribution in [0.25, 0.3) is 0 Å². The lowest BCUT2D eigenvalue weighted by molar-refractivity contribution is 0.346. The Morgan fingerprint density at radius 3 is 2.62 bits per heavy atom. The molecule has 6 heteroatoms. The van der Waals surface area contributed by atoms with E-state index in [-0.39, 0.29) is 0 Å². The highest BCUT2D eigenvalue weighted by Crippen LogP contribution is 2.33. The molecule has 24 heavy (non-hydrogen) atoms. The van der Waals surface area contributed by atoms with E-state index in [1.165, 1.54) is 16.0 Å². The van der Waals surface area contributed by atoms with Gasteiger partial charge >= 0.3 is 0 Å². The molecule has 0 fully saturated rings. The molecule has 2 aromatic rings. The van der Waals surface area contributed by atoms with Crippen LogP contribution in [0.4, 0.5) is 0 Å². The molecule has 0 aliphatic carbocycles. The molecule has 1 aromatic carbocycles. The van der Waals surface area contributed by atoms with Crippen LogP contribution in [0, 0.1) is 0 Å². The Morgan fingerprint density at radius 2 is 2.00 bits per heavy atom. The maximum Gasteiger partial charge on any atom is 0.194 e. The average Bonchev–Trinajstić information content (AvgIpc) is 3.14. The molecule has 0 bridgehead atoms. The molecular formula is C18H23N3O2S. The van der Waals surface area contributed by atoms with Crippen LogP contribution in [0.2, 0.25) is 0 Å². The highest BCUT2D eigenvalue weighted by molar-refractivity contribution is 7.09. The number of guanidine groups is 1. The summed E-state index contributed by atoms with van der Waals surface area (Å²) in [6.45, 7) is 2.56. The third kappa shape index (κ3) is 3.48. The number of hydrogen-bond donors (Lipinski definition) is 1. The number of ether oxygens (including phenoxy) is 2. The van der Waals surface area contributed by atoms with Crippen molar-refractivity contribution in [1.29, 1.82) is 0 Å². The van der Waals surface area contributed by atoms with Gasteiger partial charge in [0.05, 0.1) is 20.8 Å². The van der Waals surface area contributed by atoms with Crippen LogP contribution in [-0.4, -0.2) is 38.7 Å². The van der Waals surface area contributed by atoms with E-state index < -0.39 is 0 Å². The molecule has 2 heterocycles. The van der Waals surface area contributed by atoms with Gasteiger partial charge in [-0.05, 0) is 41.1 Å². The van der Waals surface area contributed by atoms with Gasteiger partial charge in [-0.15, -0.1) is 11.3 Å². The summed E-state index contributed by atoms with van der Waals surface area (Å²) in [5, 5.41) is 5.55. The fourth-order valence-corrected chi connectivity index (χ4v) is 3.62. The summed E-state index contributed by atoms with van der Waals surface area (Å²) in [7, 11) is 5.18. The molecule has 0 spiro atoms. The summed E-state index contributed by atoms with van der Waals surface area (Å²) in [6.07, 6.45) is 0.968. The van der Waals surface area contributed by atoms with Crippen LogP contribution in [0.15, 0.2) is 34.6 Å². The van der Waals surface area contributed by atoms with Crippen molar-refractivity contribution in [3.63, 3.8) is 0 Å². The molecule has 128 valence electrons. The van der Waals surface area contributed by atoms with Gasteiger partial charge in [0.2, 0.25) is 0 Å². The minimum Gasteiger partial charge on any atom is -0.493 e. The van der Waals surface area contributed by atoms with Crippen molar-refractivity contribution in [3.05, 3.63) is 45.6 Å². The molecule has 5 nitrogen and oxygen atoms in total. The zero-order chi connectivity index (χ0) is 16.9. The van der Waals surface area contributed by atoms with Crippen molar-refractivity contribution in [2.24, 2.45) is 4.99 Å². The number of nitrogens with zero attached hydrogens (tertiary/aromatic N) is 2. The van der Waals surface area contributed by atoms with Gasteiger partial charge < -0.3 is 19.7 Å². The first-order chi connectivity index (χ1) is 11.7. The van der Waals surface area contributed by atoms with Gasteiger partial charge in [-0.2, -0.15) is 0 Å². The molecular weight excluding hydrogens is 322 g/mol. The third-order valence-electron chi connectivity index (χ3n) is 4.23. The van der Waals surface area contributed by atoms with E-state index in [1.807, 2.05) is 7.05 Å². The summed E-state index contributed by atoms with van der Waals surface area (Å²) in [5.41, 5.74) is 2.58. The van der Waals surface area contributed by atoms with Gasteiger partial charge in [0, 0.05) is 25.0 Å². The number of hydrogen-bond acceptors (Lipinski definition) is 4. The second-order valence-electron chi connectivity index (χ2n) is 5.63. The van der Waals surface area contributed by atoms with Crippen LogP contribution in [0.3, 0.4) is 0 Å². The number of rotatable bonds is 4. The lowest BCUT2D eigenvalue weighted by Crippen LogP contribution is -2.43. The first-order valence-electron chi connectivity index (χ1n) is 7.97. The van der Waals surface area contributed by atoms with E-state index in [0.29, 0.717) is 0 Å². The van der Waals surface area contributed by atoms with Crippen molar-refractivity contribution < 1.29 is 9.47 Å². The fraction of sp³-hybridized carbons (Fsp3) is 0.389. The van der Waals surface area contributed by atoms with Crippen molar-refractivity contribution in [3.8, 4) is 11.5 Å². The SMILES string of the molecule is CN=C(NCc1cccs1)N1CCc2cc(OC)c(OC)cc2C1. The largest absolute Gasteiger partial charge is 0.493 e. The minimum absolute atomic E-state index is 0.777. The van der Waals surface area contributed by atoms with E-state index in [4.69, 9.17) is 9.47 Å². The number of methoxy groups -OCH3 is 2. The number of thiophene rings is 1. The monoisotopic (exact) mass is 345 g/mol. The van der Waals surface area contributed by atoms with E-state index in [9.17, 15) is 0 Å². The Labute approximate surface area is 146 Å². The summed E-state index contributed by atoms with van der Waals surface area (Å²) in [5.74, 6) is 2.51. The van der Waals surface area contributed by atoms with E-state index in [0.717, 1.165) is 43.5 Å². The predicted molar refractivity (Wildman–Crippen MR) is 98.2 cm³/mol. The lowest BCUT2D eigenvalue weighted by Gasteiger charge is -2.32. The number of nitrogens with one attached hydrogen (secondary N) is 1. The molecule has 1 aromatic heterocycles. The van der Waals surface area contributed by atoms with Crippen LogP contribution >= 0.6 is 11.3 Å². The molecule has 1 aliphatic heterocycles. The Hall–Kier alpha value is -2.21. The smallest absolute Gasteiger partial charge is 0.194 e. The van der Waals surface area contributed by atoms with Crippen LogP contribution in [-0.2, 0) is 19.5 Å². The Morgan fingerprint density at radius 1 is 1.25 bits per heavy atom. The summed E-state index contributed by atoms with van der Waals surface area (Å²) in [4.78, 5) is 8.03. The number of aliphatic imine (C=N–C) groups is 1. The van der Waals surface area contributed by atoms with Gasteiger partial charge in [-0.25, -0.2) is 0 Å². The molecule has 0 unspecified atom stereocenters. The van der Waals surface area contributed by atoms with E-state index in [1.54, 1.807) is 25.6 Å². The first-order valence-corrected chi connectivity index (χ1v) is 8.85. The Kier molecular flexibility index (Phi) is 5.25. The van der Waals surface area contributed by atoms with Crippen LogP contribution in [0.5, 0.6) is 11.5 Å². The molecule has 1 N–H and O–H groups in total. The summed E-state index contributed by atoms with van der Waals surface area (Å²) < 4.78 is 10.8. The van der Waals surface area contributed by atoms with Crippen molar-refractivity contribution >= 4 is 17.3 Å². The van der Waals surface area contributed by atoms with Crippen LogP contribution < -0.4 is 14.8 Å². The van der Waals surface area contributed by atoms with Gasteiger partial charge in [-0.1, -0.05) is 6.07 Å². The molecule has 0 amide bonds. The van der Waals surface area contributed by atoms with Crippen molar-refractivity contribution in [1.82, 2.24) is 10.2 Å². The van der Waals surface area contributed by atoms with Crippen LogP contribution in [0.1, 0.15) is 16.0 Å². The van der Waals surface area contributed by atoms with E-state index >= 15 is 0 Å². The molecule has 0 radical (unpaired) electrons. The second kappa shape index (κ2) is 7.57. The quantitative estimate of drug-likeness (QED) is 0.684. The van der Waals surface area contributed by atoms with Crippen molar-refractivity contribution in [2.45, 2.75) is 19.5 Å². The van der Waals surface area contributed by atoms with Gasteiger partial charge in [0.1, 0.15) is 0 Å². The molecule has 0 saturated carbocycles. The maximum atomic E-state index is 5.43. The van der Waals surface area contributed by atoms with Crippen molar-refractivity contribution in [2.75, 3.05) is 27.8 Å². The molecule has 0 atom stereocenters. The zero-order valence-electron chi connectivity index (χ0n) is 14.3. The standard InChI is InChI=1S/C18H23N3O2S/c1-19-18(20-11-15-5-4-8-24-15)21-7-6-13-9-16(22-2)17(23-3)10-14(13)12-21/h4-5,8-10H,6-7,11-12H2,1-3H3,(H,19,20). The molecule has 1 aliphatic rings. The topological polar surface area (TPSA) is 46.1 Å². The van der Waals surface area contributed by atoms with Gasteiger partial charge in [-0.3, -0.25) is 4.99 Å². The summed E-state index contributed by atoms with van der Waals surface area (Å²) in [6, 6.07) is 8.37. The van der Waals surface area contributed by atoms with E-state index in [2.05, 4.69) is 44.9 Å². The third-order valence-corrected chi connectivity index (χ3v) is 5.11. The van der Waals surface area contributed by atoms with Gasteiger partial charge in [0.25, 0.3) is 0 Å². The Balaban J connectivity index is 1.73. The highest BCUT2D eigenvalue weighted by Gasteiger charge is 2.21. The first kappa shape index (κ1) is 16.6. The predicted octanol–water partition coefficient (Wildman–Crippen LogP) is 2.90. The number of fused-ring (bicyclic) bond motifs is 1. The number of benzene rings is 1. The Bertz CT molecular complexity index is 713. The highest BCUT2D eigenvalue weighted by atomic mass is 32.1. The average molecular weight is 345 g/mol. The fourth-order valence-electron chi connectivity index (χ4n) is 2.98. The minimum atomic E-state index is 0.777. The second-order valence-corrected chi connectivity index (χ2v) is 6.66. The molecule has 0 saturated heterocycles. The zero-order valence-corrected chi connectivity index (χ0v) is 15.2. The lowest BCUT2D eigenvalue weighted by atomic mass is 9.99. The normalized spacial score (nSPS) is 14.3. The van der Waals surface area contributed by atoms with Gasteiger partial charge in [0.15, 0.2) is 17.5 Å². The summed E-state index contributed by atoms with van der Waals surface area (Å²) >= 11 is 1.75.